The summed E-state index contributed by atoms with van der Waals surface area (Å²) >= 11 is 0. The van der Waals surface area contributed by atoms with Crippen LogP contribution in [0.2, 0.25) is 0 Å². The van der Waals surface area contributed by atoms with Crippen molar-refractivity contribution in [2.24, 2.45) is 0 Å². The zero-order chi connectivity index (χ0) is 12.4. The number of nitrogens with zero attached hydrogens (tertiary/aromatic N) is 2. The Morgan fingerprint density at radius 3 is 2.44 bits per heavy atom. The Morgan fingerprint density at radius 1 is 0.889 bits per heavy atom. The molecule has 0 atom stereocenters. The van der Waals surface area contributed by atoms with Crippen molar-refractivity contribution in [1.29, 1.82) is 0 Å². The van der Waals surface area contributed by atoms with Crippen LogP contribution >= 0.6 is 0 Å². The average molecular weight is 234 g/mol. The molecule has 3 aromatic rings. The van der Waals surface area contributed by atoms with Crippen LogP contribution in [0.25, 0.3) is 22.3 Å². The summed E-state index contributed by atoms with van der Waals surface area (Å²) in [6, 6.07) is 16.3. The van der Waals surface area contributed by atoms with Gasteiger partial charge in [0.15, 0.2) is 0 Å². The second-order valence-electron chi connectivity index (χ2n) is 4.25. The lowest BCUT2D eigenvalue weighted by Gasteiger charge is -2.07. The number of rotatable bonds is 2. The molecule has 0 bridgehead atoms. The Bertz CT molecular complexity index is 689. The molecule has 0 aliphatic carbocycles. The van der Waals surface area contributed by atoms with Crippen LogP contribution in [0.3, 0.4) is 0 Å². The van der Waals surface area contributed by atoms with E-state index in [-0.39, 0.29) is 0 Å². The summed E-state index contributed by atoms with van der Waals surface area (Å²) in [6.07, 6.45) is 2.86. The second-order valence-corrected chi connectivity index (χ2v) is 4.25. The standard InChI is InChI=1S/C16H14N2/c1-2-12-7-3-4-8-13(12)16-11-17-14-9-5-6-10-15(14)18-16/h3-11H,2H2,1H3. The van der Waals surface area contributed by atoms with Crippen molar-refractivity contribution in [3.05, 3.63) is 60.3 Å². The van der Waals surface area contributed by atoms with E-state index in [1.54, 1.807) is 0 Å². The van der Waals surface area contributed by atoms with E-state index in [0.717, 1.165) is 23.1 Å². The van der Waals surface area contributed by atoms with Crippen LogP contribution in [0, 0.1) is 0 Å². The second kappa shape index (κ2) is 4.57. The Labute approximate surface area is 106 Å². The monoisotopic (exact) mass is 234 g/mol. The predicted octanol–water partition coefficient (Wildman–Crippen LogP) is 3.86. The van der Waals surface area contributed by atoms with E-state index in [1.807, 2.05) is 36.5 Å². The maximum absolute atomic E-state index is 4.69. The SMILES string of the molecule is CCc1ccccc1-c1cnc2ccccc2n1. The Morgan fingerprint density at radius 2 is 1.61 bits per heavy atom. The van der Waals surface area contributed by atoms with Crippen LogP contribution in [0.1, 0.15) is 12.5 Å². The summed E-state index contributed by atoms with van der Waals surface area (Å²) in [5, 5.41) is 0. The molecule has 0 saturated carbocycles. The van der Waals surface area contributed by atoms with Gasteiger partial charge in [-0.2, -0.15) is 0 Å². The van der Waals surface area contributed by atoms with Gasteiger partial charge in [-0.15, -0.1) is 0 Å². The summed E-state index contributed by atoms with van der Waals surface area (Å²) in [5.74, 6) is 0. The first-order valence-electron chi connectivity index (χ1n) is 6.18. The zero-order valence-corrected chi connectivity index (χ0v) is 10.3. The minimum absolute atomic E-state index is 0.940. The summed E-state index contributed by atoms with van der Waals surface area (Å²) in [6.45, 7) is 2.16. The van der Waals surface area contributed by atoms with Crippen molar-refractivity contribution in [3.8, 4) is 11.3 Å². The molecule has 18 heavy (non-hydrogen) atoms. The van der Waals surface area contributed by atoms with E-state index in [1.165, 1.54) is 11.1 Å². The molecule has 88 valence electrons. The van der Waals surface area contributed by atoms with Gasteiger partial charge in [-0.05, 0) is 24.1 Å². The van der Waals surface area contributed by atoms with E-state index < -0.39 is 0 Å². The molecular weight excluding hydrogens is 220 g/mol. The highest BCUT2D eigenvalue weighted by atomic mass is 14.8. The fourth-order valence-electron chi connectivity index (χ4n) is 2.17. The van der Waals surface area contributed by atoms with Crippen molar-refractivity contribution in [2.45, 2.75) is 13.3 Å². The minimum Gasteiger partial charge on any atom is -0.252 e. The van der Waals surface area contributed by atoms with E-state index in [0.29, 0.717) is 0 Å². The van der Waals surface area contributed by atoms with Gasteiger partial charge in [0.25, 0.3) is 0 Å². The summed E-state index contributed by atoms with van der Waals surface area (Å²) in [5.41, 5.74) is 5.32. The number of para-hydroxylation sites is 2. The number of benzene rings is 2. The van der Waals surface area contributed by atoms with Crippen LogP contribution in [0.5, 0.6) is 0 Å². The molecule has 3 rings (SSSR count). The van der Waals surface area contributed by atoms with Gasteiger partial charge in [0.2, 0.25) is 0 Å². The first-order chi connectivity index (χ1) is 8.88. The Hall–Kier alpha value is -2.22. The molecule has 0 spiro atoms. The molecule has 2 aromatic carbocycles. The largest absolute Gasteiger partial charge is 0.252 e. The molecule has 0 aliphatic heterocycles. The molecule has 1 aromatic heterocycles. The van der Waals surface area contributed by atoms with Gasteiger partial charge < -0.3 is 0 Å². The first kappa shape index (κ1) is 10.9. The van der Waals surface area contributed by atoms with Crippen LogP contribution in [0.15, 0.2) is 54.7 Å². The van der Waals surface area contributed by atoms with Crippen molar-refractivity contribution in [2.75, 3.05) is 0 Å². The predicted molar refractivity (Wildman–Crippen MR) is 74.4 cm³/mol. The van der Waals surface area contributed by atoms with Gasteiger partial charge in [-0.1, -0.05) is 43.3 Å². The molecule has 0 aliphatic rings. The van der Waals surface area contributed by atoms with Crippen molar-refractivity contribution in [1.82, 2.24) is 9.97 Å². The van der Waals surface area contributed by atoms with Crippen LogP contribution in [0.4, 0.5) is 0 Å². The van der Waals surface area contributed by atoms with Gasteiger partial charge in [-0.3, -0.25) is 4.98 Å². The van der Waals surface area contributed by atoms with Crippen molar-refractivity contribution >= 4 is 11.0 Å². The molecule has 2 heteroatoms. The van der Waals surface area contributed by atoms with Gasteiger partial charge in [0.1, 0.15) is 0 Å². The number of hydrogen-bond acceptors (Lipinski definition) is 2. The van der Waals surface area contributed by atoms with E-state index in [4.69, 9.17) is 4.98 Å². The third-order valence-electron chi connectivity index (χ3n) is 3.12. The van der Waals surface area contributed by atoms with Gasteiger partial charge in [0.05, 0.1) is 22.9 Å². The molecule has 0 saturated heterocycles. The average Bonchev–Trinajstić information content (AvgIpc) is 2.46. The quantitative estimate of drug-likeness (QED) is 0.673. The highest BCUT2D eigenvalue weighted by Crippen LogP contribution is 2.23. The van der Waals surface area contributed by atoms with E-state index in [2.05, 4.69) is 30.1 Å². The minimum atomic E-state index is 0.940. The number of aryl methyl sites for hydroxylation is 1. The van der Waals surface area contributed by atoms with E-state index >= 15 is 0 Å². The number of fused-ring (bicyclic) bond motifs is 1. The molecule has 0 N–H and O–H groups in total. The fraction of sp³-hybridized carbons (Fsp3) is 0.125. The highest BCUT2D eigenvalue weighted by molar-refractivity contribution is 5.77. The van der Waals surface area contributed by atoms with Crippen molar-refractivity contribution in [3.63, 3.8) is 0 Å². The first-order valence-corrected chi connectivity index (χ1v) is 6.18. The molecule has 1 heterocycles. The molecule has 0 radical (unpaired) electrons. The van der Waals surface area contributed by atoms with Crippen LogP contribution < -0.4 is 0 Å². The maximum atomic E-state index is 4.69. The zero-order valence-electron chi connectivity index (χ0n) is 10.3. The van der Waals surface area contributed by atoms with Gasteiger partial charge in [-0.25, -0.2) is 4.98 Å². The lowest BCUT2D eigenvalue weighted by molar-refractivity contribution is 1.13. The number of hydrogen-bond donors (Lipinski definition) is 0. The summed E-state index contributed by atoms with van der Waals surface area (Å²) in [4.78, 5) is 9.16. The molecular formula is C16H14N2. The number of aromatic nitrogens is 2. The van der Waals surface area contributed by atoms with Gasteiger partial charge in [0, 0.05) is 5.56 Å². The highest BCUT2D eigenvalue weighted by Gasteiger charge is 2.05. The molecule has 0 unspecified atom stereocenters. The topological polar surface area (TPSA) is 25.8 Å². The van der Waals surface area contributed by atoms with Crippen molar-refractivity contribution < 1.29 is 0 Å². The molecule has 0 fully saturated rings. The van der Waals surface area contributed by atoms with Crippen LogP contribution in [-0.2, 0) is 6.42 Å². The summed E-state index contributed by atoms with van der Waals surface area (Å²) < 4.78 is 0. The fourth-order valence-corrected chi connectivity index (χ4v) is 2.17. The van der Waals surface area contributed by atoms with Gasteiger partial charge >= 0.3 is 0 Å². The lowest BCUT2D eigenvalue weighted by atomic mass is 10.0. The van der Waals surface area contributed by atoms with Crippen LogP contribution in [-0.4, -0.2) is 9.97 Å². The normalized spacial score (nSPS) is 10.7. The smallest absolute Gasteiger partial charge is 0.0895 e. The lowest BCUT2D eigenvalue weighted by Crippen LogP contribution is -1.92. The molecule has 0 amide bonds. The third kappa shape index (κ3) is 1.86. The Balaban J connectivity index is 2.19. The van der Waals surface area contributed by atoms with E-state index in [9.17, 15) is 0 Å². The Kier molecular flexibility index (Phi) is 2.77. The summed E-state index contributed by atoms with van der Waals surface area (Å²) in [7, 11) is 0. The third-order valence-corrected chi connectivity index (χ3v) is 3.12. The maximum Gasteiger partial charge on any atom is 0.0895 e. The molecule has 2 nitrogen and oxygen atoms in total.